The molecule has 0 saturated carbocycles. The van der Waals surface area contributed by atoms with Crippen molar-refractivity contribution < 1.29 is 22.3 Å². The number of aliphatic hydroxyl groups is 1. The molecule has 19 heavy (non-hydrogen) atoms. The van der Waals surface area contributed by atoms with Gasteiger partial charge in [0.05, 0.1) is 10.5 Å². The van der Waals surface area contributed by atoms with E-state index in [1.165, 1.54) is 6.92 Å². The van der Waals surface area contributed by atoms with Crippen LogP contribution < -0.4 is 4.72 Å². The summed E-state index contributed by atoms with van der Waals surface area (Å²) in [6.07, 6.45) is 1.09. The van der Waals surface area contributed by atoms with E-state index in [9.17, 15) is 22.3 Å². The maximum absolute atomic E-state index is 13.0. The van der Waals surface area contributed by atoms with E-state index >= 15 is 0 Å². The topological polar surface area (TPSA) is 66.4 Å². The molecule has 7 heteroatoms. The third kappa shape index (κ3) is 4.85. The standard InChI is InChI=1S/C12H17F2NO3S/c1-3-4-12(2,16)8-15-19(17,18)11-6-9(13)5-10(14)7-11/h5-7,15-16H,3-4,8H2,1-2H3. The highest BCUT2D eigenvalue weighted by atomic mass is 32.2. The van der Waals surface area contributed by atoms with Gasteiger partial charge in [-0.25, -0.2) is 21.9 Å². The summed E-state index contributed by atoms with van der Waals surface area (Å²) in [6, 6.07) is 2.03. The third-order valence-corrected chi connectivity index (χ3v) is 3.96. The smallest absolute Gasteiger partial charge is 0.240 e. The zero-order chi connectivity index (χ0) is 14.7. The first-order valence-electron chi connectivity index (χ1n) is 5.84. The second-order valence-electron chi connectivity index (χ2n) is 4.68. The minimum absolute atomic E-state index is 0.221. The maximum atomic E-state index is 13.0. The number of hydrogen-bond donors (Lipinski definition) is 2. The Morgan fingerprint density at radius 3 is 2.26 bits per heavy atom. The normalized spacial score (nSPS) is 15.2. The molecule has 0 spiro atoms. The molecule has 1 aromatic carbocycles. The van der Waals surface area contributed by atoms with Crippen LogP contribution in [0, 0.1) is 11.6 Å². The number of hydrogen-bond acceptors (Lipinski definition) is 3. The van der Waals surface area contributed by atoms with Crippen LogP contribution in [-0.4, -0.2) is 25.7 Å². The Hall–Kier alpha value is -1.05. The molecule has 0 aromatic heterocycles. The van der Waals surface area contributed by atoms with E-state index in [1.54, 1.807) is 0 Å². The average molecular weight is 293 g/mol. The Morgan fingerprint density at radius 2 is 1.79 bits per heavy atom. The SMILES string of the molecule is CCCC(C)(O)CNS(=O)(=O)c1cc(F)cc(F)c1. The lowest BCUT2D eigenvalue weighted by Crippen LogP contribution is -2.40. The van der Waals surface area contributed by atoms with Crippen LogP contribution in [0.15, 0.2) is 23.1 Å². The number of benzene rings is 1. The van der Waals surface area contributed by atoms with Crippen LogP contribution in [0.3, 0.4) is 0 Å². The van der Waals surface area contributed by atoms with Gasteiger partial charge in [-0.3, -0.25) is 0 Å². The Morgan fingerprint density at radius 1 is 1.26 bits per heavy atom. The van der Waals surface area contributed by atoms with Crippen molar-refractivity contribution in [3.05, 3.63) is 29.8 Å². The van der Waals surface area contributed by atoms with Gasteiger partial charge in [0.25, 0.3) is 0 Å². The van der Waals surface area contributed by atoms with Crippen molar-refractivity contribution in [2.24, 2.45) is 0 Å². The van der Waals surface area contributed by atoms with Gasteiger partial charge in [-0.15, -0.1) is 0 Å². The van der Waals surface area contributed by atoms with Gasteiger partial charge in [0.15, 0.2) is 0 Å². The van der Waals surface area contributed by atoms with Crippen LogP contribution in [0.25, 0.3) is 0 Å². The molecule has 0 radical (unpaired) electrons. The average Bonchev–Trinajstić information content (AvgIpc) is 2.25. The van der Waals surface area contributed by atoms with E-state index < -0.39 is 32.2 Å². The van der Waals surface area contributed by atoms with E-state index in [4.69, 9.17) is 0 Å². The van der Waals surface area contributed by atoms with Gasteiger partial charge in [0.2, 0.25) is 10.0 Å². The number of halogens is 2. The summed E-state index contributed by atoms with van der Waals surface area (Å²) in [4.78, 5) is -0.503. The van der Waals surface area contributed by atoms with Crippen molar-refractivity contribution in [3.63, 3.8) is 0 Å². The molecule has 0 aliphatic carbocycles. The maximum Gasteiger partial charge on any atom is 0.240 e. The van der Waals surface area contributed by atoms with Crippen molar-refractivity contribution in [1.82, 2.24) is 4.72 Å². The Kier molecular flexibility index (Phi) is 5.00. The number of rotatable bonds is 6. The van der Waals surface area contributed by atoms with Gasteiger partial charge in [0, 0.05) is 12.6 Å². The quantitative estimate of drug-likeness (QED) is 0.840. The summed E-state index contributed by atoms with van der Waals surface area (Å²) in [5.74, 6) is -1.94. The van der Waals surface area contributed by atoms with E-state index in [0.717, 1.165) is 12.1 Å². The first kappa shape index (κ1) is 16.0. The summed E-state index contributed by atoms with van der Waals surface area (Å²) < 4.78 is 51.8. The minimum atomic E-state index is -4.05. The third-order valence-electron chi connectivity index (χ3n) is 2.58. The zero-order valence-corrected chi connectivity index (χ0v) is 11.6. The van der Waals surface area contributed by atoms with Crippen LogP contribution >= 0.6 is 0 Å². The fourth-order valence-electron chi connectivity index (χ4n) is 1.64. The highest BCUT2D eigenvalue weighted by Gasteiger charge is 2.24. The van der Waals surface area contributed by atoms with Crippen LogP contribution in [-0.2, 0) is 10.0 Å². The van der Waals surface area contributed by atoms with E-state index in [-0.39, 0.29) is 6.54 Å². The molecule has 1 atom stereocenters. The first-order chi connectivity index (χ1) is 8.66. The molecule has 1 rings (SSSR count). The van der Waals surface area contributed by atoms with Crippen LogP contribution in [0.1, 0.15) is 26.7 Å². The summed E-state index contributed by atoms with van der Waals surface area (Å²) >= 11 is 0. The molecule has 0 bridgehead atoms. The van der Waals surface area contributed by atoms with E-state index in [1.807, 2.05) is 6.92 Å². The highest BCUT2D eigenvalue weighted by molar-refractivity contribution is 7.89. The molecule has 0 aliphatic rings. The van der Waals surface area contributed by atoms with Gasteiger partial charge in [-0.2, -0.15) is 0 Å². The molecule has 1 unspecified atom stereocenters. The lowest BCUT2D eigenvalue weighted by atomic mass is 10.0. The van der Waals surface area contributed by atoms with E-state index in [2.05, 4.69) is 4.72 Å². The van der Waals surface area contributed by atoms with Gasteiger partial charge in [-0.1, -0.05) is 13.3 Å². The van der Waals surface area contributed by atoms with E-state index in [0.29, 0.717) is 18.9 Å². The van der Waals surface area contributed by atoms with Crippen molar-refractivity contribution in [2.75, 3.05) is 6.54 Å². The lowest BCUT2D eigenvalue weighted by Gasteiger charge is -2.22. The summed E-state index contributed by atoms with van der Waals surface area (Å²) in [5.41, 5.74) is -1.20. The molecule has 2 N–H and O–H groups in total. The zero-order valence-electron chi connectivity index (χ0n) is 10.8. The summed E-state index contributed by atoms with van der Waals surface area (Å²) in [7, 11) is -4.05. The van der Waals surface area contributed by atoms with Crippen LogP contribution in [0.5, 0.6) is 0 Å². The van der Waals surface area contributed by atoms with Gasteiger partial charge >= 0.3 is 0 Å². The molecule has 0 heterocycles. The van der Waals surface area contributed by atoms with Gasteiger partial charge in [0.1, 0.15) is 11.6 Å². The molecule has 108 valence electrons. The number of nitrogens with one attached hydrogen (secondary N) is 1. The Bertz CT molecular complexity index is 524. The summed E-state index contributed by atoms with van der Waals surface area (Å²) in [5, 5.41) is 9.86. The molecular weight excluding hydrogens is 276 g/mol. The highest BCUT2D eigenvalue weighted by Crippen LogP contribution is 2.15. The molecule has 0 saturated heterocycles. The van der Waals surface area contributed by atoms with Crippen molar-refractivity contribution >= 4 is 10.0 Å². The lowest BCUT2D eigenvalue weighted by molar-refractivity contribution is 0.0554. The molecule has 0 fully saturated rings. The van der Waals surface area contributed by atoms with Crippen molar-refractivity contribution in [1.29, 1.82) is 0 Å². The molecule has 0 aliphatic heterocycles. The molecule has 0 amide bonds. The van der Waals surface area contributed by atoms with Gasteiger partial charge in [-0.05, 0) is 25.5 Å². The summed E-state index contributed by atoms with van der Waals surface area (Å²) in [6.45, 7) is 3.12. The Balaban J connectivity index is 2.87. The minimum Gasteiger partial charge on any atom is -0.389 e. The molecular formula is C12H17F2NO3S. The second kappa shape index (κ2) is 5.94. The predicted molar refractivity (Wildman–Crippen MR) is 67.1 cm³/mol. The second-order valence-corrected chi connectivity index (χ2v) is 6.44. The first-order valence-corrected chi connectivity index (χ1v) is 7.33. The largest absolute Gasteiger partial charge is 0.389 e. The monoisotopic (exact) mass is 293 g/mol. The fraction of sp³-hybridized carbons (Fsp3) is 0.500. The Labute approximate surface area is 111 Å². The van der Waals surface area contributed by atoms with Crippen molar-refractivity contribution in [3.8, 4) is 0 Å². The van der Waals surface area contributed by atoms with Crippen LogP contribution in [0.2, 0.25) is 0 Å². The molecule has 1 aromatic rings. The van der Waals surface area contributed by atoms with Crippen molar-refractivity contribution in [2.45, 2.75) is 37.2 Å². The van der Waals surface area contributed by atoms with Crippen LogP contribution in [0.4, 0.5) is 8.78 Å². The molecule has 4 nitrogen and oxygen atoms in total. The van der Waals surface area contributed by atoms with Gasteiger partial charge < -0.3 is 5.11 Å². The fourth-order valence-corrected chi connectivity index (χ4v) is 2.85. The number of sulfonamides is 1. The predicted octanol–water partition coefficient (Wildman–Crippen LogP) is 1.79.